The molecule has 0 bridgehead atoms. The van der Waals surface area contributed by atoms with Crippen LogP contribution in [-0.4, -0.2) is 49.6 Å². The van der Waals surface area contributed by atoms with E-state index in [0.29, 0.717) is 24.5 Å². The molecule has 1 spiro atoms. The molecule has 9 heteroatoms. The first-order chi connectivity index (χ1) is 11.5. The molecule has 0 amide bonds. The maximum atomic E-state index is 11.9. The Morgan fingerprint density at radius 1 is 1.33 bits per heavy atom. The predicted octanol–water partition coefficient (Wildman–Crippen LogP) is 0.853. The Hall–Kier alpha value is -2.32. The number of anilines is 1. The van der Waals surface area contributed by atoms with Gasteiger partial charge in [-0.3, -0.25) is 4.90 Å². The average molecular weight is 354 g/mol. The normalized spacial score (nSPS) is 20.2. The van der Waals surface area contributed by atoms with Crippen molar-refractivity contribution < 1.29 is 23.8 Å². The number of nitrogens with zero attached hydrogens (tertiary/aromatic N) is 2. The van der Waals surface area contributed by atoms with E-state index in [4.69, 9.17) is 25.8 Å². The molecule has 3 rings (SSSR count). The largest absolute Gasteiger partial charge is 0.493 e. The molecular weight excluding hydrogens is 338 g/mol. The van der Waals surface area contributed by atoms with E-state index in [9.17, 15) is 9.59 Å². The summed E-state index contributed by atoms with van der Waals surface area (Å²) in [7, 11) is 1.47. The molecule has 0 radical (unpaired) electrons. The molecule has 2 aliphatic rings. The molecule has 128 valence electrons. The molecule has 1 aromatic rings. The van der Waals surface area contributed by atoms with E-state index in [0.717, 1.165) is 18.6 Å². The van der Waals surface area contributed by atoms with E-state index in [1.165, 1.54) is 13.3 Å². The quantitative estimate of drug-likeness (QED) is 0.618. The van der Waals surface area contributed by atoms with Gasteiger partial charge in [-0.15, -0.1) is 0 Å². The van der Waals surface area contributed by atoms with Gasteiger partial charge in [-0.1, -0.05) is 11.6 Å². The van der Waals surface area contributed by atoms with Crippen molar-refractivity contribution in [3.8, 4) is 5.75 Å². The Morgan fingerprint density at radius 2 is 2.04 bits per heavy atom. The van der Waals surface area contributed by atoms with Gasteiger partial charge < -0.3 is 19.5 Å². The van der Waals surface area contributed by atoms with E-state index < -0.39 is 17.8 Å². The third-order valence-corrected chi connectivity index (χ3v) is 3.98. The van der Waals surface area contributed by atoms with Crippen molar-refractivity contribution >= 4 is 29.2 Å². The van der Waals surface area contributed by atoms with Gasteiger partial charge in [-0.2, -0.15) is 0 Å². The number of ether oxygens (including phenoxy) is 3. The van der Waals surface area contributed by atoms with Crippen molar-refractivity contribution in [2.75, 3.05) is 31.6 Å². The number of carbonyl (C=O) groups is 2. The fraction of sp³-hybridized carbons (Fsp3) is 0.400. The molecule has 24 heavy (non-hydrogen) atoms. The summed E-state index contributed by atoms with van der Waals surface area (Å²) < 4.78 is 16.1. The van der Waals surface area contributed by atoms with E-state index in [-0.39, 0.29) is 11.7 Å². The van der Waals surface area contributed by atoms with Crippen LogP contribution in [0.3, 0.4) is 0 Å². The van der Waals surface area contributed by atoms with Crippen LogP contribution in [0, 0.1) is 0 Å². The van der Waals surface area contributed by atoms with Crippen molar-refractivity contribution in [3.63, 3.8) is 0 Å². The first-order valence-electron chi connectivity index (χ1n) is 7.36. The second-order valence-corrected chi connectivity index (χ2v) is 5.61. The molecule has 0 saturated carbocycles. The summed E-state index contributed by atoms with van der Waals surface area (Å²) in [6, 6.07) is 1.66. The van der Waals surface area contributed by atoms with Crippen LogP contribution in [0.5, 0.6) is 5.75 Å². The summed E-state index contributed by atoms with van der Waals surface area (Å²) in [4.78, 5) is 29.6. The zero-order chi connectivity index (χ0) is 17.2. The summed E-state index contributed by atoms with van der Waals surface area (Å²) in [5.74, 6) is -2.56. The van der Waals surface area contributed by atoms with Crippen molar-refractivity contribution in [3.05, 3.63) is 29.6 Å². The lowest BCUT2D eigenvalue weighted by Gasteiger charge is -2.40. The van der Waals surface area contributed by atoms with E-state index >= 15 is 0 Å². The van der Waals surface area contributed by atoms with Crippen LogP contribution in [0.25, 0.3) is 0 Å². The fourth-order valence-corrected chi connectivity index (χ4v) is 2.81. The summed E-state index contributed by atoms with van der Waals surface area (Å²) >= 11 is 5.97. The SMILES string of the molecule is COc1cc(N2CCCNCC23OC(=O)C=CC(=O)O3)cnc1Cl. The van der Waals surface area contributed by atoms with E-state index in [1.54, 1.807) is 11.0 Å². The van der Waals surface area contributed by atoms with Crippen LogP contribution >= 0.6 is 11.6 Å². The van der Waals surface area contributed by atoms with Gasteiger partial charge in [0.2, 0.25) is 0 Å². The third kappa shape index (κ3) is 3.15. The Kier molecular flexibility index (Phi) is 4.59. The van der Waals surface area contributed by atoms with E-state index in [2.05, 4.69) is 10.3 Å². The summed E-state index contributed by atoms with van der Waals surface area (Å²) in [5.41, 5.74) is 0.558. The zero-order valence-corrected chi connectivity index (χ0v) is 13.7. The molecule has 1 fully saturated rings. The second-order valence-electron chi connectivity index (χ2n) is 5.26. The first kappa shape index (κ1) is 16.5. The second kappa shape index (κ2) is 6.66. The van der Waals surface area contributed by atoms with Gasteiger partial charge in [0.25, 0.3) is 0 Å². The average Bonchev–Trinajstić information content (AvgIpc) is 2.84. The molecule has 1 N–H and O–H groups in total. The lowest BCUT2D eigenvalue weighted by Crippen LogP contribution is -2.58. The van der Waals surface area contributed by atoms with Gasteiger partial charge in [-0.05, 0) is 13.0 Å². The molecule has 3 heterocycles. The first-order valence-corrected chi connectivity index (χ1v) is 7.74. The lowest BCUT2D eigenvalue weighted by atomic mass is 10.2. The Labute approximate surface area is 143 Å². The Balaban J connectivity index is 2.04. The number of rotatable bonds is 2. The van der Waals surface area contributed by atoms with Crippen LogP contribution in [0.15, 0.2) is 24.4 Å². The van der Waals surface area contributed by atoms with Crippen molar-refractivity contribution in [1.82, 2.24) is 10.3 Å². The van der Waals surface area contributed by atoms with Crippen LogP contribution in [-0.2, 0) is 19.1 Å². The smallest absolute Gasteiger partial charge is 0.356 e. The number of carbonyl (C=O) groups excluding carboxylic acids is 2. The summed E-state index contributed by atoms with van der Waals surface area (Å²) in [6.07, 6.45) is 4.34. The van der Waals surface area contributed by atoms with Gasteiger partial charge in [0.05, 0.1) is 25.5 Å². The number of aromatic nitrogens is 1. The minimum absolute atomic E-state index is 0.122. The summed E-state index contributed by atoms with van der Waals surface area (Å²) in [6.45, 7) is 1.27. The van der Waals surface area contributed by atoms with Crippen molar-refractivity contribution in [2.45, 2.75) is 12.3 Å². The van der Waals surface area contributed by atoms with Gasteiger partial charge in [0.15, 0.2) is 10.9 Å². The highest BCUT2D eigenvalue weighted by Gasteiger charge is 2.47. The van der Waals surface area contributed by atoms with Gasteiger partial charge in [-0.25, -0.2) is 14.6 Å². The summed E-state index contributed by atoms with van der Waals surface area (Å²) in [5, 5.41) is 3.32. The van der Waals surface area contributed by atoms with Gasteiger partial charge in [0.1, 0.15) is 0 Å². The highest BCUT2D eigenvalue weighted by molar-refractivity contribution is 6.30. The van der Waals surface area contributed by atoms with Crippen LogP contribution < -0.4 is 15.0 Å². The van der Waals surface area contributed by atoms with Crippen LogP contribution in [0.4, 0.5) is 5.69 Å². The monoisotopic (exact) mass is 353 g/mol. The Bertz CT molecular complexity index is 674. The Morgan fingerprint density at radius 3 is 2.71 bits per heavy atom. The highest BCUT2D eigenvalue weighted by atomic mass is 35.5. The van der Waals surface area contributed by atoms with E-state index in [1.807, 2.05) is 0 Å². The molecule has 0 aromatic carbocycles. The molecule has 0 atom stereocenters. The number of esters is 2. The number of pyridine rings is 1. The lowest BCUT2D eigenvalue weighted by molar-refractivity contribution is -0.217. The maximum Gasteiger partial charge on any atom is 0.356 e. The third-order valence-electron chi connectivity index (χ3n) is 3.69. The van der Waals surface area contributed by atoms with Gasteiger partial charge >= 0.3 is 17.8 Å². The molecule has 1 saturated heterocycles. The number of halogens is 1. The molecule has 2 aliphatic heterocycles. The molecule has 1 aromatic heterocycles. The molecule has 0 aliphatic carbocycles. The molecular formula is C15H16ClN3O5. The topological polar surface area (TPSA) is 90.0 Å². The minimum atomic E-state index is -1.60. The number of nitrogens with one attached hydrogen (secondary N) is 1. The zero-order valence-electron chi connectivity index (χ0n) is 13.0. The highest BCUT2D eigenvalue weighted by Crippen LogP contribution is 2.33. The predicted molar refractivity (Wildman–Crippen MR) is 84.7 cm³/mol. The van der Waals surface area contributed by atoms with Crippen molar-refractivity contribution in [2.24, 2.45) is 0 Å². The molecule has 0 unspecified atom stereocenters. The minimum Gasteiger partial charge on any atom is -0.493 e. The van der Waals surface area contributed by atoms with Gasteiger partial charge in [0, 0.05) is 24.8 Å². The van der Waals surface area contributed by atoms with Crippen molar-refractivity contribution in [1.29, 1.82) is 0 Å². The standard InChI is InChI=1S/C15H16ClN3O5/c1-22-11-7-10(8-18-14(11)16)19-6-2-5-17-9-15(19)23-12(20)3-4-13(21)24-15/h3-4,7-8,17H,2,5-6,9H2,1H3. The molecule has 8 nitrogen and oxygen atoms in total. The number of hydrogen-bond donors (Lipinski definition) is 1. The van der Waals surface area contributed by atoms with Crippen LogP contribution in [0.1, 0.15) is 6.42 Å². The van der Waals surface area contributed by atoms with Crippen LogP contribution in [0.2, 0.25) is 5.15 Å². The fourth-order valence-electron chi connectivity index (χ4n) is 2.63. The number of hydrogen-bond acceptors (Lipinski definition) is 8. The maximum absolute atomic E-state index is 11.9. The number of methoxy groups -OCH3 is 1.